The van der Waals surface area contributed by atoms with Gasteiger partial charge in [0.1, 0.15) is 5.82 Å². The number of rotatable bonds is 3. The standard InChI is InChI=1S/C19H22FNO2.CH4O/c1-12-6-15(14-2-3-16(11-22)17(20)7-14)4-5-21(12)18(23)19-8-13(9-19)10-19;1-2/h2-3,7,11-13,15H,4-6,8-10H2,1H3;2H,1H3. The first kappa shape index (κ1) is 18.1. The van der Waals surface area contributed by atoms with Crippen LogP contribution in [0.5, 0.6) is 0 Å². The number of aliphatic hydroxyl groups is 1. The third-order valence-electron chi connectivity index (χ3n) is 6.25. The summed E-state index contributed by atoms with van der Waals surface area (Å²) < 4.78 is 13.8. The van der Waals surface area contributed by atoms with Gasteiger partial charge in [-0.15, -0.1) is 0 Å². The van der Waals surface area contributed by atoms with Crippen molar-refractivity contribution in [2.24, 2.45) is 11.3 Å². The fraction of sp³-hybridized carbons (Fsp3) is 0.600. The lowest BCUT2D eigenvalue weighted by atomic mass is 9.44. The first-order chi connectivity index (χ1) is 12.0. The summed E-state index contributed by atoms with van der Waals surface area (Å²) >= 11 is 0. The molecule has 1 heterocycles. The highest BCUT2D eigenvalue weighted by atomic mass is 19.1. The number of carbonyl (C=O) groups excluding carboxylic acids is 2. The lowest BCUT2D eigenvalue weighted by molar-refractivity contribution is -0.180. The van der Waals surface area contributed by atoms with Gasteiger partial charge in [0.2, 0.25) is 5.91 Å². The van der Waals surface area contributed by atoms with E-state index in [0.717, 1.165) is 57.2 Å². The van der Waals surface area contributed by atoms with Crippen molar-refractivity contribution in [1.29, 1.82) is 0 Å². The second-order valence-corrected chi connectivity index (χ2v) is 7.73. The Morgan fingerprint density at radius 3 is 2.48 bits per heavy atom. The van der Waals surface area contributed by atoms with Crippen molar-refractivity contribution in [3.05, 3.63) is 35.1 Å². The fourth-order valence-corrected chi connectivity index (χ4v) is 4.71. The van der Waals surface area contributed by atoms with Crippen LogP contribution < -0.4 is 0 Å². The normalized spacial score (nSPS) is 32.6. The minimum Gasteiger partial charge on any atom is -0.400 e. The van der Waals surface area contributed by atoms with Crippen molar-refractivity contribution in [3.63, 3.8) is 0 Å². The third-order valence-corrected chi connectivity index (χ3v) is 6.25. The molecule has 1 saturated heterocycles. The molecule has 5 heteroatoms. The van der Waals surface area contributed by atoms with E-state index >= 15 is 0 Å². The van der Waals surface area contributed by atoms with Gasteiger partial charge in [-0.3, -0.25) is 9.59 Å². The Hall–Kier alpha value is -1.75. The SMILES string of the molecule is CC1CC(c2ccc(C=O)c(F)c2)CCN1C(=O)C12CC(C1)C2.CO. The molecule has 25 heavy (non-hydrogen) atoms. The largest absolute Gasteiger partial charge is 0.400 e. The van der Waals surface area contributed by atoms with Gasteiger partial charge in [-0.2, -0.15) is 0 Å². The van der Waals surface area contributed by atoms with Gasteiger partial charge < -0.3 is 10.0 Å². The smallest absolute Gasteiger partial charge is 0.229 e. The van der Waals surface area contributed by atoms with Crippen LogP contribution in [0.25, 0.3) is 0 Å². The lowest BCUT2D eigenvalue weighted by Gasteiger charge is -2.62. The van der Waals surface area contributed by atoms with Crippen molar-refractivity contribution < 1.29 is 19.1 Å². The molecular weight excluding hydrogens is 321 g/mol. The molecule has 2 unspecified atom stereocenters. The maximum Gasteiger partial charge on any atom is 0.229 e. The number of carbonyl (C=O) groups is 2. The van der Waals surface area contributed by atoms with Gasteiger partial charge in [-0.1, -0.05) is 6.07 Å². The number of aldehydes is 1. The van der Waals surface area contributed by atoms with Crippen LogP contribution in [0.3, 0.4) is 0 Å². The van der Waals surface area contributed by atoms with Gasteiger partial charge in [-0.05, 0) is 68.6 Å². The zero-order valence-corrected chi connectivity index (χ0v) is 14.9. The van der Waals surface area contributed by atoms with E-state index in [1.165, 1.54) is 6.07 Å². The first-order valence-electron chi connectivity index (χ1n) is 9.03. The topological polar surface area (TPSA) is 57.6 Å². The maximum atomic E-state index is 13.8. The molecule has 0 aromatic heterocycles. The van der Waals surface area contributed by atoms with Gasteiger partial charge in [-0.25, -0.2) is 4.39 Å². The van der Waals surface area contributed by atoms with Crippen molar-refractivity contribution in [3.8, 4) is 0 Å². The molecule has 136 valence electrons. The second kappa shape index (κ2) is 6.87. The molecule has 4 aliphatic rings. The number of nitrogens with zero attached hydrogens (tertiary/aromatic N) is 1. The first-order valence-corrected chi connectivity index (χ1v) is 9.03. The summed E-state index contributed by atoms with van der Waals surface area (Å²) in [6, 6.07) is 5.09. The van der Waals surface area contributed by atoms with E-state index in [9.17, 15) is 14.0 Å². The molecule has 3 aliphatic carbocycles. The Kier molecular flexibility index (Phi) is 4.96. The van der Waals surface area contributed by atoms with Crippen LogP contribution in [0.15, 0.2) is 18.2 Å². The molecular formula is C20H26FNO3. The number of aliphatic hydroxyl groups excluding tert-OH is 1. The van der Waals surface area contributed by atoms with Gasteiger partial charge in [0.25, 0.3) is 0 Å². The summed E-state index contributed by atoms with van der Waals surface area (Å²) in [7, 11) is 1.00. The zero-order chi connectivity index (χ0) is 18.2. The van der Waals surface area contributed by atoms with Gasteiger partial charge in [0, 0.05) is 19.7 Å². The highest BCUT2D eigenvalue weighted by Gasteiger charge is 2.62. The highest BCUT2D eigenvalue weighted by Crippen LogP contribution is 2.65. The molecule has 1 amide bonds. The molecule has 1 N–H and O–H groups in total. The monoisotopic (exact) mass is 347 g/mol. The van der Waals surface area contributed by atoms with E-state index in [2.05, 4.69) is 11.8 Å². The van der Waals surface area contributed by atoms with Crippen molar-refractivity contribution >= 4 is 12.2 Å². The lowest BCUT2D eigenvalue weighted by Crippen LogP contribution is -2.63. The third kappa shape index (κ3) is 2.99. The average molecular weight is 347 g/mol. The molecule has 1 aliphatic heterocycles. The summed E-state index contributed by atoms with van der Waals surface area (Å²) in [5.74, 6) is 0.981. The van der Waals surface area contributed by atoms with Crippen LogP contribution in [0, 0.1) is 17.2 Å². The summed E-state index contributed by atoms with van der Waals surface area (Å²) in [5.41, 5.74) is 1.04. The number of halogens is 1. The number of hydrogen-bond acceptors (Lipinski definition) is 3. The Morgan fingerprint density at radius 2 is 2.00 bits per heavy atom. The molecule has 3 saturated carbocycles. The predicted molar refractivity (Wildman–Crippen MR) is 92.9 cm³/mol. The van der Waals surface area contributed by atoms with E-state index in [0.29, 0.717) is 12.2 Å². The van der Waals surface area contributed by atoms with E-state index in [-0.39, 0.29) is 22.9 Å². The maximum absolute atomic E-state index is 13.8. The Balaban J connectivity index is 0.000000880. The highest BCUT2D eigenvalue weighted by molar-refractivity contribution is 5.86. The van der Waals surface area contributed by atoms with Gasteiger partial charge in [0.05, 0.1) is 11.0 Å². The summed E-state index contributed by atoms with van der Waals surface area (Å²) in [5, 5.41) is 7.00. The van der Waals surface area contributed by atoms with Crippen LogP contribution in [0.1, 0.15) is 60.9 Å². The molecule has 1 aromatic rings. The molecule has 0 radical (unpaired) electrons. The van der Waals surface area contributed by atoms with Crippen LogP contribution in [0.2, 0.25) is 0 Å². The Bertz CT molecular complexity index is 658. The van der Waals surface area contributed by atoms with E-state index < -0.39 is 5.82 Å². The number of benzene rings is 1. The van der Waals surface area contributed by atoms with Crippen molar-refractivity contribution in [2.45, 2.75) is 51.0 Å². The Labute approximate surface area is 148 Å². The van der Waals surface area contributed by atoms with Gasteiger partial charge in [0.15, 0.2) is 6.29 Å². The summed E-state index contributed by atoms with van der Waals surface area (Å²) in [6.45, 7) is 2.86. The van der Waals surface area contributed by atoms with Gasteiger partial charge >= 0.3 is 0 Å². The quantitative estimate of drug-likeness (QED) is 0.855. The zero-order valence-electron chi connectivity index (χ0n) is 14.9. The van der Waals surface area contributed by atoms with Crippen LogP contribution in [0.4, 0.5) is 4.39 Å². The Morgan fingerprint density at radius 1 is 1.32 bits per heavy atom. The summed E-state index contributed by atoms with van der Waals surface area (Å²) in [6.07, 6.45) is 5.57. The average Bonchev–Trinajstić information content (AvgIpc) is 2.53. The predicted octanol–water partition coefficient (Wildman–Crippen LogP) is 3.14. The van der Waals surface area contributed by atoms with Crippen LogP contribution >= 0.6 is 0 Å². The van der Waals surface area contributed by atoms with Crippen molar-refractivity contribution in [1.82, 2.24) is 4.90 Å². The summed E-state index contributed by atoms with van der Waals surface area (Å²) in [4.78, 5) is 25.5. The molecule has 1 aromatic carbocycles. The van der Waals surface area contributed by atoms with Crippen molar-refractivity contribution in [2.75, 3.05) is 13.7 Å². The van der Waals surface area contributed by atoms with E-state index in [1.807, 2.05) is 6.07 Å². The number of piperidine rings is 1. The molecule has 0 spiro atoms. The number of hydrogen-bond donors (Lipinski definition) is 1. The molecule has 4 fully saturated rings. The fourth-order valence-electron chi connectivity index (χ4n) is 4.71. The van der Waals surface area contributed by atoms with Crippen LogP contribution in [-0.4, -0.2) is 41.9 Å². The second-order valence-electron chi connectivity index (χ2n) is 7.73. The van der Waals surface area contributed by atoms with E-state index in [1.54, 1.807) is 6.07 Å². The molecule has 2 bridgehead atoms. The number of amides is 1. The van der Waals surface area contributed by atoms with Crippen LogP contribution in [-0.2, 0) is 4.79 Å². The minimum atomic E-state index is -0.447. The number of likely N-dealkylation sites (tertiary alicyclic amines) is 1. The van der Waals surface area contributed by atoms with E-state index in [4.69, 9.17) is 5.11 Å². The minimum absolute atomic E-state index is 0.0104. The molecule has 5 rings (SSSR count). The molecule has 4 nitrogen and oxygen atoms in total. The molecule has 2 atom stereocenters.